The minimum Gasteiger partial charge on any atom is -0.368 e. The third-order valence-electron chi connectivity index (χ3n) is 2.00. The van der Waals surface area contributed by atoms with Crippen molar-refractivity contribution >= 4 is 5.78 Å². The SMILES string of the molecule is CCOC(C)(C)C(=O)c1cnnn1C. The maximum Gasteiger partial charge on any atom is 0.213 e. The molecular formula is C9H15N3O2. The van der Waals surface area contributed by atoms with Crippen LogP contribution in [0.4, 0.5) is 0 Å². The van der Waals surface area contributed by atoms with Gasteiger partial charge in [0.15, 0.2) is 0 Å². The van der Waals surface area contributed by atoms with Crippen LogP contribution in [0.25, 0.3) is 0 Å². The van der Waals surface area contributed by atoms with Crippen LogP contribution in [0.5, 0.6) is 0 Å². The van der Waals surface area contributed by atoms with E-state index in [1.165, 1.54) is 10.9 Å². The van der Waals surface area contributed by atoms with Gasteiger partial charge >= 0.3 is 0 Å². The second-order valence-corrected chi connectivity index (χ2v) is 3.52. The van der Waals surface area contributed by atoms with Crippen LogP contribution in [0, 0.1) is 0 Å². The topological polar surface area (TPSA) is 57.0 Å². The monoisotopic (exact) mass is 197 g/mol. The fourth-order valence-electron chi connectivity index (χ4n) is 1.23. The van der Waals surface area contributed by atoms with E-state index >= 15 is 0 Å². The van der Waals surface area contributed by atoms with E-state index in [9.17, 15) is 4.79 Å². The zero-order chi connectivity index (χ0) is 10.8. The van der Waals surface area contributed by atoms with Crippen molar-refractivity contribution in [3.05, 3.63) is 11.9 Å². The molecule has 0 fully saturated rings. The normalized spacial score (nSPS) is 11.7. The fourth-order valence-corrected chi connectivity index (χ4v) is 1.23. The largest absolute Gasteiger partial charge is 0.368 e. The molecule has 0 atom stereocenters. The number of carbonyl (C=O) groups is 1. The van der Waals surface area contributed by atoms with Gasteiger partial charge in [-0.05, 0) is 20.8 Å². The summed E-state index contributed by atoms with van der Waals surface area (Å²) in [6.45, 7) is 5.85. The molecule has 5 heteroatoms. The van der Waals surface area contributed by atoms with E-state index in [1.807, 2.05) is 6.92 Å². The van der Waals surface area contributed by atoms with Gasteiger partial charge in [-0.15, -0.1) is 5.10 Å². The minimum atomic E-state index is -0.815. The Kier molecular flexibility index (Phi) is 3.00. The summed E-state index contributed by atoms with van der Waals surface area (Å²) in [7, 11) is 1.68. The highest BCUT2D eigenvalue weighted by Gasteiger charge is 2.31. The average Bonchev–Trinajstić information content (AvgIpc) is 2.50. The van der Waals surface area contributed by atoms with Gasteiger partial charge in [-0.1, -0.05) is 5.21 Å². The van der Waals surface area contributed by atoms with Gasteiger partial charge < -0.3 is 4.74 Å². The third-order valence-corrected chi connectivity index (χ3v) is 2.00. The molecule has 5 nitrogen and oxygen atoms in total. The summed E-state index contributed by atoms with van der Waals surface area (Å²) in [5, 5.41) is 7.35. The zero-order valence-corrected chi connectivity index (χ0v) is 8.94. The predicted molar refractivity (Wildman–Crippen MR) is 51.0 cm³/mol. The number of ketones is 1. The Morgan fingerprint density at radius 1 is 1.64 bits per heavy atom. The summed E-state index contributed by atoms with van der Waals surface area (Å²) in [6, 6.07) is 0. The molecule has 78 valence electrons. The van der Waals surface area contributed by atoms with Crippen molar-refractivity contribution in [3.63, 3.8) is 0 Å². The van der Waals surface area contributed by atoms with Gasteiger partial charge in [-0.2, -0.15) is 0 Å². The highest BCUT2D eigenvalue weighted by molar-refractivity contribution is 6.00. The van der Waals surface area contributed by atoms with Crippen LogP contribution < -0.4 is 0 Å². The van der Waals surface area contributed by atoms with Crippen LogP contribution in [-0.4, -0.2) is 33.0 Å². The lowest BCUT2D eigenvalue weighted by atomic mass is 10.0. The van der Waals surface area contributed by atoms with E-state index in [2.05, 4.69) is 10.3 Å². The number of nitrogens with zero attached hydrogens (tertiary/aromatic N) is 3. The summed E-state index contributed by atoms with van der Waals surface area (Å²) in [6.07, 6.45) is 1.45. The number of hydrogen-bond acceptors (Lipinski definition) is 4. The van der Waals surface area contributed by atoms with Crippen LogP contribution in [0.15, 0.2) is 6.20 Å². The minimum absolute atomic E-state index is 0.105. The quantitative estimate of drug-likeness (QED) is 0.670. The molecule has 0 amide bonds. The predicted octanol–water partition coefficient (Wildman–Crippen LogP) is 0.813. The summed E-state index contributed by atoms with van der Waals surface area (Å²) >= 11 is 0. The lowest BCUT2D eigenvalue weighted by Gasteiger charge is -2.22. The van der Waals surface area contributed by atoms with Crippen molar-refractivity contribution < 1.29 is 9.53 Å². The third kappa shape index (κ3) is 1.98. The van der Waals surface area contributed by atoms with Gasteiger partial charge in [-0.3, -0.25) is 4.79 Å². The molecular weight excluding hydrogens is 182 g/mol. The van der Waals surface area contributed by atoms with Gasteiger partial charge in [-0.25, -0.2) is 4.68 Å². The number of carbonyl (C=O) groups excluding carboxylic acids is 1. The molecule has 1 aromatic rings. The summed E-state index contributed by atoms with van der Waals surface area (Å²) in [5.41, 5.74) is -0.354. The Morgan fingerprint density at radius 2 is 2.29 bits per heavy atom. The van der Waals surface area contributed by atoms with E-state index in [1.54, 1.807) is 20.9 Å². The van der Waals surface area contributed by atoms with Gasteiger partial charge in [0.1, 0.15) is 11.3 Å². The molecule has 0 aliphatic carbocycles. The summed E-state index contributed by atoms with van der Waals surface area (Å²) in [5.74, 6) is -0.105. The fraction of sp³-hybridized carbons (Fsp3) is 0.667. The first-order valence-corrected chi connectivity index (χ1v) is 4.52. The Balaban J connectivity index is 2.90. The molecule has 0 saturated heterocycles. The number of ether oxygens (including phenoxy) is 1. The van der Waals surface area contributed by atoms with E-state index in [0.717, 1.165) is 0 Å². The van der Waals surface area contributed by atoms with Crippen molar-refractivity contribution in [2.75, 3.05) is 6.61 Å². The lowest BCUT2D eigenvalue weighted by Crippen LogP contribution is -2.36. The summed E-state index contributed by atoms with van der Waals surface area (Å²) < 4.78 is 6.80. The first-order valence-electron chi connectivity index (χ1n) is 4.52. The van der Waals surface area contributed by atoms with Gasteiger partial charge in [0.05, 0.1) is 6.20 Å². The molecule has 0 radical (unpaired) electrons. The Hall–Kier alpha value is -1.23. The maximum absolute atomic E-state index is 11.9. The second kappa shape index (κ2) is 3.88. The van der Waals surface area contributed by atoms with Crippen LogP contribution in [0.2, 0.25) is 0 Å². The molecule has 0 spiro atoms. The van der Waals surface area contributed by atoms with Crippen LogP contribution in [0.3, 0.4) is 0 Å². The zero-order valence-electron chi connectivity index (χ0n) is 8.94. The molecule has 0 saturated carbocycles. The van der Waals surface area contributed by atoms with Gasteiger partial charge in [0.2, 0.25) is 5.78 Å². The lowest BCUT2D eigenvalue weighted by molar-refractivity contribution is 0.000546. The van der Waals surface area contributed by atoms with Crippen molar-refractivity contribution in [2.45, 2.75) is 26.4 Å². The standard InChI is InChI=1S/C9H15N3O2/c1-5-14-9(2,3)8(13)7-6-10-11-12(7)4/h6H,5H2,1-4H3. The van der Waals surface area contributed by atoms with Crippen molar-refractivity contribution in [1.82, 2.24) is 15.0 Å². The van der Waals surface area contributed by atoms with E-state index in [-0.39, 0.29) is 5.78 Å². The van der Waals surface area contributed by atoms with Gasteiger partial charge in [0, 0.05) is 13.7 Å². The van der Waals surface area contributed by atoms with Crippen LogP contribution >= 0.6 is 0 Å². The Morgan fingerprint density at radius 3 is 2.71 bits per heavy atom. The smallest absolute Gasteiger partial charge is 0.213 e. The molecule has 0 unspecified atom stereocenters. The average molecular weight is 197 g/mol. The van der Waals surface area contributed by atoms with Crippen LogP contribution in [0.1, 0.15) is 31.3 Å². The van der Waals surface area contributed by atoms with E-state index < -0.39 is 5.60 Å². The molecule has 0 N–H and O–H groups in total. The van der Waals surface area contributed by atoms with Crippen LogP contribution in [-0.2, 0) is 11.8 Å². The number of aryl methyl sites for hydroxylation is 1. The Bertz CT molecular complexity index is 331. The summed E-state index contributed by atoms with van der Waals surface area (Å²) in [4.78, 5) is 11.9. The highest BCUT2D eigenvalue weighted by atomic mass is 16.5. The Labute approximate surface area is 83.1 Å². The first-order chi connectivity index (χ1) is 6.49. The molecule has 1 rings (SSSR count). The number of rotatable bonds is 4. The molecule has 0 bridgehead atoms. The molecule has 0 aliphatic rings. The van der Waals surface area contributed by atoms with Crippen molar-refractivity contribution in [2.24, 2.45) is 7.05 Å². The molecule has 0 aliphatic heterocycles. The van der Waals surface area contributed by atoms with E-state index in [0.29, 0.717) is 12.3 Å². The van der Waals surface area contributed by atoms with Gasteiger partial charge in [0.25, 0.3) is 0 Å². The second-order valence-electron chi connectivity index (χ2n) is 3.52. The van der Waals surface area contributed by atoms with Crippen molar-refractivity contribution in [1.29, 1.82) is 0 Å². The highest BCUT2D eigenvalue weighted by Crippen LogP contribution is 2.15. The number of Topliss-reactive ketones (excluding diaryl/α,β-unsaturated/α-hetero) is 1. The maximum atomic E-state index is 11.9. The molecule has 0 aromatic carbocycles. The molecule has 1 aromatic heterocycles. The number of hydrogen-bond donors (Lipinski definition) is 0. The number of aromatic nitrogens is 3. The first kappa shape index (κ1) is 10.8. The molecule has 1 heterocycles. The van der Waals surface area contributed by atoms with E-state index in [4.69, 9.17) is 4.74 Å². The molecule has 14 heavy (non-hydrogen) atoms. The van der Waals surface area contributed by atoms with Crippen molar-refractivity contribution in [3.8, 4) is 0 Å².